The predicted molar refractivity (Wildman–Crippen MR) is 82.2 cm³/mol. The van der Waals surface area contributed by atoms with Gasteiger partial charge < -0.3 is 15.8 Å². The van der Waals surface area contributed by atoms with Crippen LogP contribution in [0.3, 0.4) is 0 Å². The van der Waals surface area contributed by atoms with Crippen molar-refractivity contribution in [3.8, 4) is 5.75 Å². The van der Waals surface area contributed by atoms with Gasteiger partial charge in [-0.15, -0.1) is 0 Å². The molecule has 1 aromatic rings. The summed E-state index contributed by atoms with van der Waals surface area (Å²) in [6.45, 7) is 5.79. The van der Waals surface area contributed by atoms with Gasteiger partial charge >= 0.3 is 0 Å². The molecule has 4 nitrogen and oxygen atoms in total. The lowest BCUT2D eigenvalue weighted by Gasteiger charge is -2.16. The highest BCUT2D eigenvalue weighted by Crippen LogP contribution is 2.29. The van der Waals surface area contributed by atoms with E-state index in [4.69, 9.17) is 22.1 Å². The Morgan fingerprint density at radius 1 is 1.45 bits per heavy atom. The van der Waals surface area contributed by atoms with Crippen molar-refractivity contribution < 1.29 is 9.53 Å². The second-order valence-corrected chi connectivity index (χ2v) is 5.52. The SMILES string of the molecule is CCC(N)Cc1cccc(Cl)c1OCC(=O)NC(C)C. The third kappa shape index (κ3) is 5.39. The van der Waals surface area contributed by atoms with Crippen LogP contribution in [0.25, 0.3) is 0 Å². The number of carbonyl (C=O) groups is 1. The van der Waals surface area contributed by atoms with E-state index >= 15 is 0 Å². The molecule has 0 aromatic heterocycles. The summed E-state index contributed by atoms with van der Waals surface area (Å²) in [5.41, 5.74) is 6.90. The average molecular weight is 299 g/mol. The van der Waals surface area contributed by atoms with E-state index in [9.17, 15) is 4.79 Å². The fourth-order valence-corrected chi connectivity index (χ4v) is 2.05. The smallest absolute Gasteiger partial charge is 0.258 e. The van der Waals surface area contributed by atoms with Crippen molar-refractivity contribution >= 4 is 17.5 Å². The first-order chi connectivity index (χ1) is 9.43. The lowest BCUT2D eigenvalue weighted by Crippen LogP contribution is -2.34. The number of amides is 1. The molecular formula is C15H23ClN2O2. The summed E-state index contributed by atoms with van der Waals surface area (Å²) in [6.07, 6.45) is 1.55. The molecule has 0 saturated carbocycles. The standard InChI is InChI=1S/C15H23ClN2O2/c1-4-12(17)8-11-6-5-7-13(16)15(11)20-9-14(19)18-10(2)3/h5-7,10,12H,4,8-9,17H2,1-3H3,(H,18,19). The van der Waals surface area contributed by atoms with Crippen molar-refractivity contribution in [3.63, 3.8) is 0 Å². The Kier molecular flexibility index (Phi) is 6.82. The van der Waals surface area contributed by atoms with Gasteiger partial charge in [0.05, 0.1) is 5.02 Å². The Bertz CT molecular complexity index is 449. The molecule has 1 atom stereocenters. The summed E-state index contributed by atoms with van der Waals surface area (Å²) >= 11 is 6.15. The van der Waals surface area contributed by atoms with Crippen LogP contribution in [0.4, 0.5) is 0 Å². The number of hydrogen-bond acceptors (Lipinski definition) is 3. The zero-order valence-corrected chi connectivity index (χ0v) is 13.0. The lowest BCUT2D eigenvalue weighted by atomic mass is 10.0. The molecule has 0 fully saturated rings. The molecule has 3 N–H and O–H groups in total. The van der Waals surface area contributed by atoms with E-state index in [2.05, 4.69) is 5.32 Å². The van der Waals surface area contributed by atoms with Crippen LogP contribution in [-0.4, -0.2) is 24.6 Å². The van der Waals surface area contributed by atoms with E-state index in [1.807, 2.05) is 32.9 Å². The first kappa shape index (κ1) is 16.8. The highest BCUT2D eigenvalue weighted by molar-refractivity contribution is 6.32. The van der Waals surface area contributed by atoms with E-state index < -0.39 is 0 Å². The molecule has 0 bridgehead atoms. The largest absolute Gasteiger partial charge is 0.482 e. The molecule has 0 aliphatic rings. The summed E-state index contributed by atoms with van der Waals surface area (Å²) in [7, 11) is 0. The second kappa shape index (κ2) is 8.12. The van der Waals surface area contributed by atoms with E-state index in [0.717, 1.165) is 12.0 Å². The normalized spacial score (nSPS) is 12.3. The van der Waals surface area contributed by atoms with Crippen molar-refractivity contribution in [1.82, 2.24) is 5.32 Å². The van der Waals surface area contributed by atoms with Crippen molar-refractivity contribution in [2.24, 2.45) is 5.73 Å². The first-order valence-corrected chi connectivity index (χ1v) is 7.27. The average Bonchev–Trinajstić information content (AvgIpc) is 2.37. The van der Waals surface area contributed by atoms with Crippen LogP contribution in [0.1, 0.15) is 32.8 Å². The van der Waals surface area contributed by atoms with Gasteiger partial charge in [-0.3, -0.25) is 4.79 Å². The Morgan fingerprint density at radius 3 is 2.75 bits per heavy atom. The fraction of sp³-hybridized carbons (Fsp3) is 0.533. The minimum Gasteiger partial charge on any atom is -0.482 e. The number of para-hydroxylation sites is 1. The molecule has 1 amide bonds. The number of nitrogens with one attached hydrogen (secondary N) is 1. The van der Waals surface area contributed by atoms with Crippen LogP contribution in [0.2, 0.25) is 5.02 Å². The quantitative estimate of drug-likeness (QED) is 0.813. The van der Waals surface area contributed by atoms with Crippen LogP contribution < -0.4 is 15.8 Å². The van der Waals surface area contributed by atoms with Crippen LogP contribution in [0, 0.1) is 0 Å². The number of hydrogen-bond donors (Lipinski definition) is 2. The van der Waals surface area contributed by atoms with Gasteiger partial charge in [0.2, 0.25) is 0 Å². The van der Waals surface area contributed by atoms with Gasteiger partial charge in [0.25, 0.3) is 5.91 Å². The molecule has 0 spiro atoms. The van der Waals surface area contributed by atoms with Gasteiger partial charge in [-0.1, -0.05) is 30.7 Å². The van der Waals surface area contributed by atoms with Gasteiger partial charge in [-0.2, -0.15) is 0 Å². The zero-order valence-electron chi connectivity index (χ0n) is 12.3. The molecule has 1 unspecified atom stereocenters. The van der Waals surface area contributed by atoms with Gasteiger partial charge in [0, 0.05) is 12.1 Å². The Hall–Kier alpha value is -1.26. The van der Waals surface area contributed by atoms with E-state index in [1.54, 1.807) is 6.07 Å². The Labute approximate surface area is 125 Å². The van der Waals surface area contributed by atoms with Crippen molar-refractivity contribution in [1.29, 1.82) is 0 Å². The van der Waals surface area contributed by atoms with E-state index in [1.165, 1.54) is 0 Å². The van der Waals surface area contributed by atoms with Gasteiger partial charge in [-0.05, 0) is 38.3 Å². The van der Waals surface area contributed by atoms with Crippen molar-refractivity contribution in [2.75, 3.05) is 6.61 Å². The molecule has 0 radical (unpaired) electrons. The van der Waals surface area contributed by atoms with E-state index in [-0.39, 0.29) is 24.6 Å². The summed E-state index contributed by atoms with van der Waals surface area (Å²) in [5, 5.41) is 3.28. The van der Waals surface area contributed by atoms with Gasteiger partial charge in [-0.25, -0.2) is 0 Å². The molecule has 1 rings (SSSR count). The van der Waals surface area contributed by atoms with Crippen LogP contribution in [0.15, 0.2) is 18.2 Å². The highest BCUT2D eigenvalue weighted by atomic mass is 35.5. The zero-order chi connectivity index (χ0) is 15.1. The summed E-state index contributed by atoms with van der Waals surface area (Å²) in [6, 6.07) is 5.68. The molecule has 5 heteroatoms. The maximum absolute atomic E-state index is 11.6. The minimum atomic E-state index is -0.161. The van der Waals surface area contributed by atoms with Crippen LogP contribution in [0.5, 0.6) is 5.75 Å². The first-order valence-electron chi connectivity index (χ1n) is 6.89. The number of benzene rings is 1. The second-order valence-electron chi connectivity index (χ2n) is 5.11. The monoisotopic (exact) mass is 298 g/mol. The topological polar surface area (TPSA) is 64.3 Å². The van der Waals surface area contributed by atoms with Crippen LogP contribution in [-0.2, 0) is 11.2 Å². The van der Waals surface area contributed by atoms with Gasteiger partial charge in [0.15, 0.2) is 6.61 Å². The molecule has 0 aliphatic heterocycles. The third-order valence-electron chi connectivity index (χ3n) is 2.85. The molecule has 0 saturated heterocycles. The highest BCUT2D eigenvalue weighted by Gasteiger charge is 2.13. The minimum absolute atomic E-state index is 0.0454. The molecule has 112 valence electrons. The third-order valence-corrected chi connectivity index (χ3v) is 3.15. The summed E-state index contributed by atoms with van der Waals surface area (Å²) < 4.78 is 5.58. The van der Waals surface area contributed by atoms with Crippen molar-refractivity contribution in [2.45, 2.75) is 45.7 Å². The van der Waals surface area contributed by atoms with Crippen molar-refractivity contribution in [3.05, 3.63) is 28.8 Å². The maximum atomic E-state index is 11.6. The number of rotatable bonds is 7. The molecule has 0 heterocycles. The summed E-state index contributed by atoms with van der Waals surface area (Å²) in [5.74, 6) is 0.391. The number of carbonyl (C=O) groups excluding carboxylic acids is 1. The molecule has 20 heavy (non-hydrogen) atoms. The lowest BCUT2D eigenvalue weighted by molar-refractivity contribution is -0.123. The van der Waals surface area contributed by atoms with E-state index in [0.29, 0.717) is 17.2 Å². The Balaban J connectivity index is 2.75. The number of ether oxygens (including phenoxy) is 1. The Morgan fingerprint density at radius 2 is 2.15 bits per heavy atom. The maximum Gasteiger partial charge on any atom is 0.258 e. The molecular weight excluding hydrogens is 276 g/mol. The number of halogens is 1. The summed E-state index contributed by atoms with van der Waals surface area (Å²) in [4.78, 5) is 11.6. The predicted octanol–water partition coefficient (Wildman–Crippen LogP) is 2.52. The molecule has 1 aromatic carbocycles. The van der Waals surface area contributed by atoms with Crippen LogP contribution >= 0.6 is 11.6 Å². The number of nitrogens with two attached hydrogens (primary N) is 1. The fourth-order valence-electron chi connectivity index (χ4n) is 1.80. The molecule has 0 aliphatic carbocycles. The van der Waals surface area contributed by atoms with Gasteiger partial charge in [0.1, 0.15) is 5.75 Å².